The Kier molecular flexibility index (Phi) is 5.68. The minimum atomic E-state index is 0.728. The van der Waals surface area contributed by atoms with E-state index in [9.17, 15) is 0 Å². The van der Waals surface area contributed by atoms with Gasteiger partial charge in [-0.1, -0.05) is 121 Å². The summed E-state index contributed by atoms with van der Waals surface area (Å²) in [5.41, 5.74) is 9.93. The van der Waals surface area contributed by atoms with Crippen molar-refractivity contribution < 1.29 is 0 Å². The van der Waals surface area contributed by atoms with Crippen LogP contribution in [-0.2, 0) is 0 Å². The standard InChI is InChI=1S/C40H25N3S/c1-3-12-26(13-4-1)28-22-23-33-36(25-28)44-39-37(27-14-5-2-6-15-27)41-40(42-38(33)39)29-16-11-17-30(24-29)43-34-20-9-7-18-31(34)32-19-8-10-21-35(32)43/h1-25H. The van der Waals surface area contributed by atoms with Gasteiger partial charge in [-0.15, -0.1) is 11.3 Å². The Morgan fingerprint density at radius 2 is 1.09 bits per heavy atom. The Hall–Kier alpha value is -5.58. The quantitative estimate of drug-likeness (QED) is 0.208. The monoisotopic (exact) mass is 579 g/mol. The predicted octanol–water partition coefficient (Wildman–Crippen LogP) is 10.9. The summed E-state index contributed by atoms with van der Waals surface area (Å²) in [6.07, 6.45) is 0. The predicted molar refractivity (Wildman–Crippen MR) is 186 cm³/mol. The van der Waals surface area contributed by atoms with Crippen LogP contribution in [0.2, 0.25) is 0 Å². The van der Waals surface area contributed by atoms with E-state index < -0.39 is 0 Å². The molecule has 0 fully saturated rings. The molecule has 0 saturated heterocycles. The summed E-state index contributed by atoms with van der Waals surface area (Å²) in [6.45, 7) is 0. The molecule has 44 heavy (non-hydrogen) atoms. The number of nitrogens with zero attached hydrogens (tertiary/aromatic N) is 3. The first-order valence-corrected chi connectivity index (χ1v) is 15.6. The molecule has 0 aliphatic rings. The van der Waals surface area contributed by atoms with Gasteiger partial charge in [0.25, 0.3) is 0 Å². The SMILES string of the molecule is c1ccc(-c2ccc3c(c2)sc2c(-c4ccccc4)nc(-c4cccc(-n5c6ccccc6c6ccccc65)c4)nc23)cc1. The van der Waals surface area contributed by atoms with E-state index in [2.05, 4.69) is 156 Å². The van der Waals surface area contributed by atoms with Gasteiger partial charge in [0.1, 0.15) is 0 Å². The Labute approximate surface area is 258 Å². The minimum absolute atomic E-state index is 0.728. The Balaban J connectivity index is 1.27. The Morgan fingerprint density at radius 3 is 1.82 bits per heavy atom. The van der Waals surface area contributed by atoms with E-state index in [1.165, 1.54) is 37.6 Å². The molecule has 4 heteroatoms. The van der Waals surface area contributed by atoms with Gasteiger partial charge >= 0.3 is 0 Å². The maximum atomic E-state index is 5.26. The second kappa shape index (κ2) is 10.0. The zero-order valence-corrected chi connectivity index (χ0v) is 24.5. The van der Waals surface area contributed by atoms with Gasteiger partial charge in [0, 0.05) is 37.7 Å². The summed E-state index contributed by atoms with van der Waals surface area (Å²) in [5.74, 6) is 0.728. The normalized spacial score (nSPS) is 11.6. The van der Waals surface area contributed by atoms with Crippen LogP contribution in [0, 0.1) is 0 Å². The molecule has 0 atom stereocenters. The van der Waals surface area contributed by atoms with Crippen molar-refractivity contribution in [2.45, 2.75) is 0 Å². The molecule has 9 aromatic rings. The van der Waals surface area contributed by atoms with E-state index in [0.717, 1.165) is 43.9 Å². The molecule has 0 aliphatic heterocycles. The molecule has 6 aromatic carbocycles. The number of thiophene rings is 1. The van der Waals surface area contributed by atoms with Crippen LogP contribution in [0.4, 0.5) is 0 Å². The summed E-state index contributed by atoms with van der Waals surface area (Å²) in [7, 11) is 0. The lowest BCUT2D eigenvalue weighted by molar-refractivity contribution is 1.17. The topological polar surface area (TPSA) is 30.7 Å². The Morgan fingerprint density at radius 1 is 0.455 bits per heavy atom. The highest BCUT2D eigenvalue weighted by Crippen LogP contribution is 2.41. The second-order valence-corrected chi connectivity index (χ2v) is 12.1. The molecule has 0 unspecified atom stereocenters. The van der Waals surface area contributed by atoms with E-state index in [-0.39, 0.29) is 0 Å². The maximum Gasteiger partial charge on any atom is 0.160 e. The van der Waals surface area contributed by atoms with Crippen molar-refractivity contribution in [3.8, 4) is 39.5 Å². The molecule has 0 saturated carbocycles. The molecule has 0 bridgehead atoms. The largest absolute Gasteiger partial charge is 0.309 e. The number of fused-ring (bicyclic) bond motifs is 6. The lowest BCUT2D eigenvalue weighted by atomic mass is 10.0. The third-order valence-corrected chi connectivity index (χ3v) is 9.56. The number of hydrogen-bond acceptors (Lipinski definition) is 3. The molecule has 0 radical (unpaired) electrons. The first-order valence-electron chi connectivity index (χ1n) is 14.8. The van der Waals surface area contributed by atoms with Crippen LogP contribution in [-0.4, -0.2) is 14.5 Å². The van der Waals surface area contributed by atoms with Crippen molar-refractivity contribution >= 4 is 53.4 Å². The van der Waals surface area contributed by atoms with Crippen molar-refractivity contribution in [2.24, 2.45) is 0 Å². The van der Waals surface area contributed by atoms with Gasteiger partial charge in [0.2, 0.25) is 0 Å². The fraction of sp³-hybridized carbons (Fsp3) is 0. The van der Waals surface area contributed by atoms with E-state index >= 15 is 0 Å². The average molecular weight is 580 g/mol. The molecule has 3 heterocycles. The summed E-state index contributed by atoms with van der Waals surface area (Å²) in [5, 5.41) is 3.65. The number of rotatable bonds is 4. The van der Waals surface area contributed by atoms with Gasteiger partial charge in [0.15, 0.2) is 5.82 Å². The molecule has 0 aliphatic carbocycles. The smallest absolute Gasteiger partial charge is 0.160 e. The van der Waals surface area contributed by atoms with Crippen LogP contribution in [0.1, 0.15) is 0 Å². The molecule has 9 rings (SSSR count). The fourth-order valence-electron chi connectivity index (χ4n) is 6.36. The zero-order valence-electron chi connectivity index (χ0n) is 23.7. The molecule has 3 nitrogen and oxygen atoms in total. The zero-order chi connectivity index (χ0) is 29.0. The molecule has 0 spiro atoms. The molecule has 206 valence electrons. The van der Waals surface area contributed by atoms with Crippen LogP contribution in [0.25, 0.3) is 81.6 Å². The number of para-hydroxylation sites is 2. The number of benzene rings is 6. The van der Waals surface area contributed by atoms with Crippen molar-refractivity contribution in [1.29, 1.82) is 0 Å². The number of hydrogen-bond donors (Lipinski definition) is 0. The molecule has 0 amide bonds. The maximum absolute atomic E-state index is 5.26. The highest BCUT2D eigenvalue weighted by atomic mass is 32.1. The third kappa shape index (κ3) is 3.96. The first-order chi connectivity index (χ1) is 21.8. The van der Waals surface area contributed by atoms with Crippen molar-refractivity contribution in [3.63, 3.8) is 0 Å². The van der Waals surface area contributed by atoms with Crippen molar-refractivity contribution in [2.75, 3.05) is 0 Å². The van der Waals surface area contributed by atoms with Crippen molar-refractivity contribution in [3.05, 3.63) is 152 Å². The number of aromatic nitrogens is 3. The van der Waals surface area contributed by atoms with Gasteiger partial charge in [-0.2, -0.15) is 0 Å². The van der Waals surface area contributed by atoms with Gasteiger partial charge in [-0.05, 0) is 41.5 Å². The van der Waals surface area contributed by atoms with Gasteiger partial charge in [-0.3, -0.25) is 0 Å². The lowest BCUT2D eigenvalue weighted by Crippen LogP contribution is -1.97. The molecule has 3 aromatic heterocycles. The van der Waals surface area contributed by atoms with Crippen LogP contribution in [0.5, 0.6) is 0 Å². The summed E-state index contributed by atoms with van der Waals surface area (Å²) >= 11 is 1.77. The van der Waals surface area contributed by atoms with E-state index in [0.29, 0.717) is 0 Å². The van der Waals surface area contributed by atoms with Gasteiger partial charge < -0.3 is 4.57 Å². The Bertz CT molecular complexity index is 2440. The van der Waals surface area contributed by atoms with Gasteiger partial charge in [0.05, 0.1) is 26.9 Å². The first kappa shape index (κ1) is 25.0. The van der Waals surface area contributed by atoms with E-state index in [1.807, 2.05) is 0 Å². The fourth-order valence-corrected chi connectivity index (χ4v) is 7.55. The molecular formula is C40H25N3S. The van der Waals surface area contributed by atoms with Crippen LogP contribution in [0.3, 0.4) is 0 Å². The minimum Gasteiger partial charge on any atom is -0.309 e. The van der Waals surface area contributed by atoms with Gasteiger partial charge in [-0.25, -0.2) is 9.97 Å². The summed E-state index contributed by atoms with van der Waals surface area (Å²) < 4.78 is 4.67. The molecular weight excluding hydrogens is 555 g/mol. The van der Waals surface area contributed by atoms with E-state index in [1.54, 1.807) is 11.3 Å². The summed E-state index contributed by atoms with van der Waals surface area (Å²) in [6, 6.07) is 53.6. The van der Waals surface area contributed by atoms with Crippen molar-refractivity contribution in [1.82, 2.24) is 14.5 Å². The highest BCUT2D eigenvalue weighted by Gasteiger charge is 2.18. The molecule has 0 N–H and O–H groups in total. The lowest BCUT2D eigenvalue weighted by Gasteiger charge is -2.11. The summed E-state index contributed by atoms with van der Waals surface area (Å²) in [4.78, 5) is 10.5. The van der Waals surface area contributed by atoms with Crippen LogP contribution in [0.15, 0.2) is 152 Å². The van der Waals surface area contributed by atoms with Crippen LogP contribution >= 0.6 is 11.3 Å². The second-order valence-electron chi connectivity index (χ2n) is 11.0. The third-order valence-electron chi connectivity index (χ3n) is 8.41. The highest BCUT2D eigenvalue weighted by molar-refractivity contribution is 7.26. The average Bonchev–Trinajstić information content (AvgIpc) is 3.64. The van der Waals surface area contributed by atoms with E-state index in [4.69, 9.17) is 9.97 Å². The van der Waals surface area contributed by atoms with Crippen LogP contribution < -0.4 is 0 Å².